The second-order valence-electron chi connectivity index (χ2n) is 4.56. The van der Waals surface area contributed by atoms with Crippen LogP contribution in [-0.4, -0.2) is 23.7 Å². The van der Waals surface area contributed by atoms with Gasteiger partial charge in [0.1, 0.15) is 7.85 Å². The summed E-state index contributed by atoms with van der Waals surface area (Å²) < 4.78 is 1.28. The van der Waals surface area contributed by atoms with E-state index in [1.165, 1.54) is 4.68 Å². The van der Waals surface area contributed by atoms with Gasteiger partial charge in [-0.3, -0.25) is 0 Å². The number of rotatable bonds is 2. The molecule has 4 nitrogen and oxygen atoms in total. The van der Waals surface area contributed by atoms with Crippen LogP contribution in [0.25, 0.3) is 11.3 Å². The van der Waals surface area contributed by atoms with Gasteiger partial charge in [-0.05, 0) is 18.2 Å². The van der Waals surface area contributed by atoms with Crippen LogP contribution in [0.3, 0.4) is 0 Å². The number of nitrogens with zero attached hydrogens (tertiary/aromatic N) is 2. The minimum Gasteiger partial charge on any atom is -0.306 e. The van der Waals surface area contributed by atoms with Gasteiger partial charge in [-0.25, -0.2) is 4.79 Å². The van der Waals surface area contributed by atoms with Crippen molar-refractivity contribution in [3.8, 4) is 11.3 Å². The van der Waals surface area contributed by atoms with Crippen LogP contribution < -0.4 is 10.8 Å². The Balaban J connectivity index is 1.77. The number of hydrogen-bond donors (Lipinski definition) is 1. The number of nitrogens with one attached hydrogen (secondary N) is 1. The van der Waals surface area contributed by atoms with Crippen molar-refractivity contribution in [1.29, 1.82) is 0 Å². The first-order valence-electron chi connectivity index (χ1n) is 6.50. The van der Waals surface area contributed by atoms with E-state index in [0.717, 1.165) is 11.3 Å². The molecule has 2 aromatic carbocycles. The Kier molecular flexibility index (Phi) is 3.56. The molecule has 100 valence electrons. The van der Waals surface area contributed by atoms with Crippen LogP contribution in [0.5, 0.6) is 0 Å². The number of hydrogen-bond acceptors (Lipinski definition) is 2. The Hall–Kier alpha value is -2.82. The second-order valence-corrected chi connectivity index (χ2v) is 4.56. The van der Waals surface area contributed by atoms with Gasteiger partial charge < -0.3 is 5.32 Å². The maximum atomic E-state index is 12.1. The van der Waals surface area contributed by atoms with E-state index in [1.54, 1.807) is 36.5 Å². The first-order chi connectivity index (χ1) is 10.2. The summed E-state index contributed by atoms with van der Waals surface area (Å²) in [5, 5.41) is 7.03. The standard InChI is InChI=1S/C16H12BN3O/c17-13-6-8-14(9-7-13)18-16(21)20-11-10-15(19-20)12-4-2-1-3-5-12/h1-11H,(H,18,21). The topological polar surface area (TPSA) is 46.9 Å². The zero-order valence-electron chi connectivity index (χ0n) is 11.2. The zero-order valence-corrected chi connectivity index (χ0v) is 11.2. The third kappa shape index (κ3) is 3.03. The minimum atomic E-state index is -0.318. The van der Waals surface area contributed by atoms with E-state index >= 15 is 0 Å². The van der Waals surface area contributed by atoms with Gasteiger partial charge in [0.25, 0.3) is 0 Å². The average molecular weight is 273 g/mol. The molecule has 1 amide bonds. The van der Waals surface area contributed by atoms with Gasteiger partial charge in [0.05, 0.1) is 5.69 Å². The fourth-order valence-electron chi connectivity index (χ4n) is 1.95. The van der Waals surface area contributed by atoms with Gasteiger partial charge in [0.15, 0.2) is 0 Å². The van der Waals surface area contributed by atoms with Crippen LogP contribution in [-0.2, 0) is 0 Å². The van der Waals surface area contributed by atoms with Crippen molar-refractivity contribution in [1.82, 2.24) is 9.78 Å². The van der Waals surface area contributed by atoms with E-state index in [4.69, 9.17) is 7.85 Å². The molecule has 0 aliphatic rings. The highest BCUT2D eigenvalue weighted by molar-refractivity contribution is 6.32. The van der Waals surface area contributed by atoms with Gasteiger partial charge in [-0.15, -0.1) is 0 Å². The molecule has 0 atom stereocenters. The summed E-state index contributed by atoms with van der Waals surface area (Å²) in [7, 11) is 5.61. The zero-order chi connectivity index (χ0) is 14.7. The quantitative estimate of drug-likeness (QED) is 0.729. The molecule has 21 heavy (non-hydrogen) atoms. The monoisotopic (exact) mass is 273 g/mol. The van der Waals surface area contributed by atoms with Gasteiger partial charge in [-0.1, -0.05) is 47.9 Å². The van der Waals surface area contributed by atoms with Crippen LogP contribution in [0, 0.1) is 0 Å². The molecule has 0 aliphatic heterocycles. The largest absolute Gasteiger partial charge is 0.346 e. The molecule has 1 N–H and O–H groups in total. The van der Waals surface area contributed by atoms with E-state index in [2.05, 4.69) is 10.4 Å². The predicted molar refractivity (Wildman–Crippen MR) is 83.9 cm³/mol. The lowest BCUT2D eigenvalue weighted by atomic mass is 9.96. The lowest BCUT2D eigenvalue weighted by molar-refractivity contribution is 0.251. The van der Waals surface area contributed by atoms with Gasteiger partial charge >= 0.3 is 6.03 Å². The van der Waals surface area contributed by atoms with Gasteiger partial charge in [0.2, 0.25) is 0 Å². The Morgan fingerprint density at radius 2 is 1.71 bits per heavy atom. The Bertz CT molecular complexity index is 751. The Morgan fingerprint density at radius 3 is 2.43 bits per heavy atom. The fourth-order valence-corrected chi connectivity index (χ4v) is 1.95. The molecule has 0 saturated heterocycles. The van der Waals surface area contributed by atoms with Crippen LogP contribution in [0.1, 0.15) is 0 Å². The molecule has 0 bridgehead atoms. The minimum absolute atomic E-state index is 0.318. The fraction of sp³-hybridized carbons (Fsp3) is 0. The summed E-state index contributed by atoms with van der Waals surface area (Å²) in [4.78, 5) is 12.1. The SMILES string of the molecule is [B]c1ccc(NC(=O)n2ccc(-c3ccccc3)n2)cc1. The maximum absolute atomic E-state index is 12.1. The smallest absolute Gasteiger partial charge is 0.306 e. The Morgan fingerprint density at radius 1 is 1.00 bits per heavy atom. The van der Waals surface area contributed by atoms with Gasteiger partial charge in [-0.2, -0.15) is 9.78 Å². The Labute approximate surface area is 123 Å². The van der Waals surface area contributed by atoms with E-state index in [9.17, 15) is 4.79 Å². The lowest BCUT2D eigenvalue weighted by Crippen LogP contribution is -2.20. The highest BCUT2D eigenvalue weighted by Gasteiger charge is 2.08. The predicted octanol–water partition coefficient (Wildman–Crippen LogP) is 2.42. The average Bonchev–Trinajstić information content (AvgIpc) is 3.00. The molecule has 3 aromatic rings. The molecule has 0 unspecified atom stereocenters. The van der Waals surface area contributed by atoms with Crippen LogP contribution >= 0.6 is 0 Å². The van der Waals surface area contributed by atoms with Crippen molar-refractivity contribution < 1.29 is 4.79 Å². The normalized spacial score (nSPS) is 10.3. The highest BCUT2D eigenvalue weighted by Crippen LogP contribution is 2.16. The van der Waals surface area contributed by atoms with E-state index in [-0.39, 0.29) is 6.03 Å². The van der Waals surface area contributed by atoms with Crippen molar-refractivity contribution >= 4 is 25.0 Å². The lowest BCUT2D eigenvalue weighted by Gasteiger charge is -2.05. The first kappa shape index (κ1) is 13.2. The summed E-state index contributed by atoms with van der Waals surface area (Å²) in [6.07, 6.45) is 1.63. The molecule has 2 radical (unpaired) electrons. The summed E-state index contributed by atoms with van der Waals surface area (Å²) in [5.74, 6) is 0. The van der Waals surface area contributed by atoms with Gasteiger partial charge in [0, 0.05) is 17.4 Å². The molecule has 0 saturated carbocycles. The maximum Gasteiger partial charge on any atom is 0.346 e. The van der Waals surface area contributed by atoms with E-state index in [1.807, 2.05) is 30.3 Å². The summed E-state index contributed by atoms with van der Waals surface area (Å²) in [6, 6.07) is 18.1. The third-order valence-electron chi connectivity index (χ3n) is 3.03. The number of carbonyl (C=O) groups is 1. The molecule has 1 heterocycles. The summed E-state index contributed by atoms with van der Waals surface area (Å²) in [5.41, 5.74) is 3.05. The molecular formula is C16H12BN3O. The molecule has 0 aliphatic carbocycles. The summed E-state index contributed by atoms with van der Waals surface area (Å²) >= 11 is 0. The number of aromatic nitrogens is 2. The first-order valence-corrected chi connectivity index (χ1v) is 6.50. The number of carbonyl (C=O) groups excluding carboxylic acids is 1. The molecule has 3 rings (SSSR count). The van der Waals surface area contributed by atoms with Crippen molar-refractivity contribution in [3.05, 3.63) is 66.9 Å². The highest BCUT2D eigenvalue weighted by atomic mass is 16.2. The third-order valence-corrected chi connectivity index (χ3v) is 3.03. The van der Waals surface area contributed by atoms with Crippen LogP contribution in [0.2, 0.25) is 0 Å². The van der Waals surface area contributed by atoms with Crippen molar-refractivity contribution in [3.63, 3.8) is 0 Å². The molecule has 0 fully saturated rings. The second kappa shape index (κ2) is 5.67. The van der Waals surface area contributed by atoms with Crippen LogP contribution in [0.15, 0.2) is 66.9 Å². The van der Waals surface area contributed by atoms with E-state index < -0.39 is 0 Å². The number of amides is 1. The molecular weight excluding hydrogens is 261 g/mol. The molecule has 1 aromatic heterocycles. The summed E-state index contributed by atoms with van der Waals surface area (Å²) in [6.45, 7) is 0. The number of benzene rings is 2. The van der Waals surface area contributed by atoms with Crippen molar-refractivity contribution in [2.45, 2.75) is 0 Å². The van der Waals surface area contributed by atoms with Crippen molar-refractivity contribution in [2.75, 3.05) is 5.32 Å². The van der Waals surface area contributed by atoms with Crippen molar-refractivity contribution in [2.24, 2.45) is 0 Å². The van der Waals surface area contributed by atoms with E-state index in [0.29, 0.717) is 11.2 Å². The molecule has 0 spiro atoms. The van der Waals surface area contributed by atoms with Crippen LogP contribution in [0.4, 0.5) is 10.5 Å². The molecule has 5 heteroatoms. The number of anilines is 1.